The second-order valence-electron chi connectivity index (χ2n) is 6.50. The molecule has 0 aliphatic heterocycles. The normalized spacial score (nSPS) is 10.4. The summed E-state index contributed by atoms with van der Waals surface area (Å²) in [4.78, 5) is 12.4. The monoisotopic (exact) mass is 391 g/mol. The second-order valence-corrected chi connectivity index (χ2v) is 6.50. The number of rotatable bonds is 10. The fourth-order valence-electron chi connectivity index (χ4n) is 2.89. The van der Waals surface area contributed by atoms with Crippen LogP contribution < -0.4 is 19.5 Å². The summed E-state index contributed by atoms with van der Waals surface area (Å²) in [6.07, 6.45) is 0. The molecule has 0 aliphatic rings. The third-order valence-electron chi connectivity index (χ3n) is 4.52. The predicted molar refractivity (Wildman–Crippen MR) is 113 cm³/mol. The zero-order valence-electron chi connectivity index (χ0n) is 16.7. The van der Waals surface area contributed by atoms with Gasteiger partial charge in [-0.05, 0) is 35.9 Å². The number of carbonyl (C=O) groups excluding carboxylic acids is 1. The average molecular weight is 391 g/mol. The van der Waals surface area contributed by atoms with E-state index in [9.17, 15) is 4.79 Å². The Bertz CT molecular complexity index is 923. The van der Waals surface area contributed by atoms with Crippen molar-refractivity contribution in [1.29, 1.82) is 0 Å². The van der Waals surface area contributed by atoms with E-state index in [1.807, 2.05) is 60.7 Å². The molecule has 3 aromatic carbocycles. The molecular formula is C24H25NO4. The highest BCUT2D eigenvalue weighted by atomic mass is 16.5. The van der Waals surface area contributed by atoms with Crippen molar-refractivity contribution in [2.45, 2.75) is 13.2 Å². The molecular weight excluding hydrogens is 366 g/mol. The van der Waals surface area contributed by atoms with Gasteiger partial charge >= 0.3 is 0 Å². The van der Waals surface area contributed by atoms with Gasteiger partial charge in [0.25, 0.3) is 0 Å². The van der Waals surface area contributed by atoms with Gasteiger partial charge in [-0.15, -0.1) is 0 Å². The maximum atomic E-state index is 12.4. The van der Waals surface area contributed by atoms with Gasteiger partial charge in [0.05, 0.1) is 20.8 Å². The first kappa shape index (κ1) is 20.4. The first-order valence-electron chi connectivity index (χ1n) is 9.41. The summed E-state index contributed by atoms with van der Waals surface area (Å²) in [7, 11) is 3.23. The van der Waals surface area contributed by atoms with Crippen LogP contribution in [0.5, 0.6) is 17.2 Å². The minimum absolute atomic E-state index is 0.0205. The van der Waals surface area contributed by atoms with Crippen LogP contribution in [0.4, 0.5) is 0 Å². The largest absolute Gasteiger partial charge is 0.497 e. The van der Waals surface area contributed by atoms with Gasteiger partial charge in [0.15, 0.2) is 5.78 Å². The molecule has 150 valence electrons. The Labute approximate surface area is 171 Å². The topological polar surface area (TPSA) is 56.8 Å². The Morgan fingerprint density at radius 2 is 1.59 bits per heavy atom. The lowest BCUT2D eigenvalue weighted by Crippen LogP contribution is -2.22. The lowest BCUT2D eigenvalue weighted by Gasteiger charge is -2.11. The highest BCUT2D eigenvalue weighted by Gasteiger charge is 2.08. The summed E-state index contributed by atoms with van der Waals surface area (Å²) in [5.74, 6) is 2.22. The number of nitrogens with one attached hydrogen (secondary N) is 1. The molecule has 3 rings (SSSR count). The van der Waals surface area contributed by atoms with Crippen molar-refractivity contribution in [3.05, 3.63) is 89.5 Å². The number of methoxy groups -OCH3 is 2. The molecule has 0 aliphatic carbocycles. The summed E-state index contributed by atoms with van der Waals surface area (Å²) in [6.45, 7) is 1.26. The van der Waals surface area contributed by atoms with Crippen LogP contribution in [0.2, 0.25) is 0 Å². The van der Waals surface area contributed by atoms with Crippen LogP contribution in [0.1, 0.15) is 21.5 Å². The SMILES string of the molecule is COc1ccc(CNCC(=O)c2ccc(OCc3ccccc3)cc2)c(OC)c1. The smallest absolute Gasteiger partial charge is 0.176 e. The van der Waals surface area contributed by atoms with Crippen LogP contribution in [0.3, 0.4) is 0 Å². The van der Waals surface area contributed by atoms with Gasteiger partial charge in [0.1, 0.15) is 23.9 Å². The maximum absolute atomic E-state index is 12.4. The van der Waals surface area contributed by atoms with Crippen LogP contribution >= 0.6 is 0 Å². The summed E-state index contributed by atoms with van der Waals surface area (Å²) >= 11 is 0. The molecule has 0 atom stereocenters. The Morgan fingerprint density at radius 1 is 0.862 bits per heavy atom. The third kappa shape index (κ3) is 5.83. The molecule has 0 heterocycles. The number of Topliss-reactive ketones (excluding diaryl/α,β-unsaturated/α-hetero) is 1. The van der Waals surface area contributed by atoms with Gasteiger partial charge in [-0.1, -0.05) is 36.4 Å². The molecule has 5 heteroatoms. The number of hydrogen-bond donors (Lipinski definition) is 1. The lowest BCUT2D eigenvalue weighted by molar-refractivity contribution is 0.0990. The fourth-order valence-corrected chi connectivity index (χ4v) is 2.89. The molecule has 0 unspecified atom stereocenters. The van der Waals surface area contributed by atoms with E-state index in [4.69, 9.17) is 14.2 Å². The van der Waals surface area contributed by atoms with Gasteiger partial charge < -0.3 is 19.5 Å². The van der Waals surface area contributed by atoms with Gasteiger partial charge in [0, 0.05) is 23.7 Å². The molecule has 0 saturated heterocycles. The van der Waals surface area contributed by atoms with Gasteiger partial charge in [-0.25, -0.2) is 0 Å². The van der Waals surface area contributed by atoms with Gasteiger partial charge in [-0.2, -0.15) is 0 Å². The van der Waals surface area contributed by atoms with E-state index in [1.54, 1.807) is 26.4 Å². The minimum Gasteiger partial charge on any atom is -0.497 e. The van der Waals surface area contributed by atoms with Crippen molar-refractivity contribution < 1.29 is 19.0 Å². The molecule has 0 spiro atoms. The van der Waals surface area contributed by atoms with E-state index in [0.29, 0.717) is 18.7 Å². The second kappa shape index (κ2) is 10.3. The number of ether oxygens (including phenoxy) is 3. The molecule has 5 nitrogen and oxygen atoms in total. The summed E-state index contributed by atoms with van der Waals surface area (Å²) in [5, 5.41) is 3.17. The molecule has 29 heavy (non-hydrogen) atoms. The Hall–Kier alpha value is -3.31. The summed E-state index contributed by atoms with van der Waals surface area (Å²) < 4.78 is 16.3. The van der Waals surface area contributed by atoms with Crippen molar-refractivity contribution in [1.82, 2.24) is 5.32 Å². The minimum atomic E-state index is 0.0205. The summed E-state index contributed by atoms with van der Waals surface area (Å²) in [5.41, 5.74) is 2.71. The van der Waals surface area contributed by atoms with E-state index in [2.05, 4.69) is 5.32 Å². The Balaban J connectivity index is 1.49. The van der Waals surface area contributed by atoms with Gasteiger partial charge in [-0.3, -0.25) is 4.79 Å². The van der Waals surface area contributed by atoms with E-state index in [-0.39, 0.29) is 12.3 Å². The third-order valence-corrected chi connectivity index (χ3v) is 4.52. The number of benzene rings is 3. The molecule has 1 N–H and O–H groups in total. The molecule has 0 saturated carbocycles. The van der Waals surface area contributed by atoms with Crippen molar-refractivity contribution >= 4 is 5.78 Å². The number of hydrogen-bond acceptors (Lipinski definition) is 5. The van der Waals surface area contributed by atoms with E-state index >= 15 is 0 Å². The van der Waals surface area contributed by atoms with Crippen LogP contribution in [-0.2, 0) is 13.2 Å². The van der Waals surface area contributed by atoms with Crippen molar-refractivity contribution in [2.75, 3.05) is 20.8 Å². The lowest BCUT2D eigenvalue weighted by atomic mass is 10.1. The fraction of sp³-hybridized carbons (Fsp3) is 0.208. The van der Waals surface area contributed by atoms with E-state index < -0.39 is 0 Å². The predicted octanol–water partition coefficient (Wildman–Crippen LogP) is 4.26. The summed E-state index contributed by atoms with van der Waals surface area (Å²) in [6, 6.07) is 22.8. The number of carbonyl (C=O) groups is 1. The molecule has 0 fully saturated rings. The van der Waals surface area contributed by atoms with Crippen molar-refractivity contribution in [2.24, 2.45) is 0 Å². The maximum Gasteiger partial charge on any atom is 0.176 e. The zero-order valence-corrected chi connectivity index (χ0v) is 16.7. The van der Waals surface area contributed by atoms with Gasteiger partial charge in [0.2, 0.25) is 0 Å². The standard InChI is InChI=1S/C24H25NO4/c1-27-22-13-10-20(24(14-22)28-2)15-25-16-23(26)19-8-11-21(12-9-19)29-17-18-6-4-3-5-7-18/h3-14,25H,15-17H2,1-2H3. The zero-order chi connectivity index (χ0) is 20.5. The molecule has 0 bridgehead atoms. The first-order chi connectivity index (χ1) is 14.2. The highest BCUT2D eigenvalue weighted by molar-refractivity contribution is 5.97. The molecule has 0 aromatic heterocycles. The van der Waals surface area contributed by atoms with E-state index in [0.717, 1.165) is 28.4 Å². The Kier molecular flexibility index (Phi) is 7.25. The van der Waals surface area contributed by atoms with Crippen molar-refractivity contribution in [3.8, 4) is 17.2 Å². The van der Waals surface area contributed by atoms with Crippen LogP contribution in [0, 0.1) is 0 Å². The Morgan fingerprint density at radius 3 is 2.28 bits per heavy atom. The van der Waals surface area contributed by atoms with Crippen LogP contribution in [0.25, 0.3) is 0 Å². The quantitative estimate of drug-likeness (QED) is 0.524. The van der Waals surface area contributed by atoms with Crippen LogP contribution in [0.15, 0.2) is 72.8 Å². The number of ketones is 1. The molecule has 0 amide bonds. The van der Waals surface area contributed by atoms with Crippen LogP contribution in [-0.4, -0.2) is 26.5 Å². The van der Waals surface area contributed by atoms with E-state index in [1.165, 1.54) is 0 Å². The van der Waals surface area contributed by atoms with Crippen molar-refractivity contribution in [3.63, 3.8) is 0 Å². The first-order valence-corrected chi connectivity index (χ1v) is 9.41. The molecule has 0 radical (unpaired) electrons. The molecule has 3 aromatic rings. The average Bonchev–Trinajstić information content (AvgIpc) is 2.78. The highest BCUT2D eigenvalue weighted by Crippen LogP contribution is 2.24.